The number of hydrogen-bond acceptors (Lipinski definition) is 3. The molecule has 2 bridgehead atoms. The molecule has 1 N–H and O–H groups in total. The molecule has 0 spiro atoms. The maximum atomic E-state index is 13.3. The molecule has 7 heteroatoms. The Morgan fingerprint density at radius 3 is 2.71 bits per heavy atom. The van der Waals surface area contributed by atoms with Crippen molar-refractivity contribution >= 4 is 5.91 Å². The molecule has 1 aromatic carbocycles. The molecule has 0 unspecified atom stereocenters. The van der Waals surface area contributed by atoms with E-state index >= 15 is 0 Å². The van der Waals surface area contributed by atoms with E-state index in [1.807, 2.05) is 0 Å². The zero-order valence-electron chi connectivity index (χ0n) is 13.2. The van der Waals surface area contributed by atoms with Gasteiger partial charge in [0.2, 0.25) is 0 Å². The molecule has 3 aliphatic rings. The summed E-state index contributed by atoms with van der Waals surface area (Å²) in [5.41, 5.74) is 0.733. The number of halogens is 2. The van der Waals surface area contributed by atoms with Crippen molar-refractivity contribution in [2.24, 2.45) is 5.41 Å². The summed E-state index contributed by atoms with van der Waals surface area (Å²) in [4.78, 5) is 12.4. The summed E-state index contributed by atoms with van der Waals surface area (Å²) in [7, 11) is 1.69. The molecule has 1 aromatic heterocycles. The van der Waals surface area contributed by atoms with Crippen molar-refractivity contribution in [3.8, 4) is 5.69 Å². The molecule has 5 rings (SSSR count). The van der Waals surface area contributed by atoms with E-state index in [-0.39, 0.29) is 22.6 Å². The second-order valence-corrected chi connectivity index (χ2v) is 6.94. The summed E-state index contributed by atoms with van der Waals surface area (Å²) in [6, 6.07) is 5.04. The first kappa shape index (κ1) is 15.3. The van der Waals surface area contributed by atoms with Crippen LogP contribution in [0.2, 0.25) is 0 Å². The first-order valence-electron chi connectivity index (χ1n) is 7.77. The number of hydrogen-bond donors (Lipinski definition) is 1. The second-order valence-electron chi connectivity index (χ2n) is 6.94. The highest BCUT2D eigenvalue weighted by Crippen LogP contribution is 2.67. The zero-order chi connectivity index (χ0) is 16.9. The molecule has 0 radical (unpaired) electrons. The SMILES string of the molecule is COCC12CC(NC(=O)c3ccn(-c4ccc(F)c(F)c4)n3)(C1)C2. The second kappa shape index (κ2) is 5.11. The van der Waals surface area contributed by atoms with E-state index in [2.05, 4.69) is 10.4 Å². The Morgan fingerprint density at radius 1 is 1.29 bits per heavy atom. The van der Waals surface area contributed by atoms with Gasteiger partial charge in [0, 0.05) is 30.3 Å². The Kier molecular flexibility index (Phi) is 3.25. The highest BCUT2D eigenvalue weighted by atomic mass is 19.2. The zero-order valence-corrected chi connectivity index (χ0v) is 13.2. The van der Waals surface area contributed by atoms with Gasteiger partial charge in [-0.1, -0.05) is 0 Å². The highest BCUT2D eigenvalue weighted by molar-refractivity contribution is 5.93. The summed E-state index contributed by atoms with van der Waals surface area (Å²) in [5, 5.41) is 7.19. The average molecular weight is 333 g/mol. The van der Waals surface area contributed by atoms with E-state index in [0.717, 1.165) is 38.0 Å². The standard InChI is InChI=1S/C17H17F2N3O2/c1-24-10-16-7-17(8-16,9-16)20-15(23)14-4-5-22(21-14)11-2-3-12(18)13(19)6-11/h2-6H,7-10H2,1H3,(H,20,23). The van der Waals surface area contributed by atoms with Gasteiger partial charge in [-0.15, -0.1) is 0 Å². The van der Waals surface area contributed by atoms with E-state index in [4.69, 9.17) is 4.74 Å². The predicted octanol–water partition coefficient (Wildman–Crippen LogP) is 2.45. The molecule has 0 saturated heterocycles. The van der Waals surface area contributed by atoms with Crippen molar-refractivity contribution in [1.82, 2.24) is 15.1 Å². The smallest absolute Gasteiger partial charge is 0.272 e. The third-order valence-electron chi connectivity index (χ3n) is 4.96. The molecule has 3 aliphatic carbocycles. The van der Waals surface area contributed by atoms with Crippen molar-refractivity contribution < 1.29 is 18.3 Å². The quantitative estimate of drug-likeness (QED) is 0.914. The minimum absolute atomic E-state index is 0.124. The molecule has 1 heterocycles. The number of rotatable bonds is 5. The van der Waals surface area contributed by atoms with E-state index in [9.17, 15) is 13.6 Å². The van der Waals surface area contributed by atoms with Gasteiger partial charge < -0.3 is 10.1 Å². The van der Waals surface area contributed by atoms with E-state index in [0.29, 0.717) is 5.69 Å². The summed E-state index contributed by atoms with van der Waals surface area (Å²) in [5.74, 6) is -2.12. The topological polar surface area (TPSA) is 56.1 Å². The maximum Gasteiger partial charge on any atom is 0.272 e. The fourth-order valence-corrected chi connectivity index (χ4v) is 4.11. The molecule has 0 aliphatic heterocycles. The van der Waals surface area contributed by atoms with Crippen molar-refractivity contribution in [1.29, 1.82) is 0 Å². The Hall–Kier alpha value is -2.28. The Labute approximate surface area is 137 Å². The molecule has 3 saturated carbocycles. The third kappa shape index (κ3) is 2.31. The van der Waals surface area contributed by atoms with E-state index in [1.165, 1.54) is 10.7 Å². The van der Waals surface area contributed by atoms with Crippen LogP contribution < -0.4 is 5.32 Å². The van der Waals surface area contributed by atoms with Crippen LogP contribution in [0.25, 0.3) is 5.69 Å². The van der Waals surface area contributed by atoms with Crippen LogP contribution in [-0.2, 0) is 4.74 Å². The average Bonchev–Trinajstić information content (AvgIpc) is 2.96. The van der Waals surface area contributed by atoms with E-state index < -0.39 is 11.6 Å². The van der Waals surface area contributed by atoms with Gasteiger partial charge in [0.1, 0.15) is 0 Å². The Bertz CT molecular complexity index is 798. The van der Waals surface area contributed by atoms with Crippen LogP contribution in [0.15, 0.2) is 30.5 Å². The molecular weight excluding hydrogens is 316 g/mol. The lowest BCUT2D eigenvalue weighted by atomic mass is 9.39. The third-order valence-corrected chi connectivity index (χ3v) is 4.96. The summed E-state index contributed by atoms with van der Waals surface area (Å²) in [6.45, 7) is 0.732. The molecule has 0 atom stereocenters. The lowest BCUT2D eigenvalue weighted by Gasteiger charge is -2.70. The largest absolute Gasteiger partial charge is 0.384 e. The minimum atomic E-state index is -0.952. The number of nitrogens with zero attached hydrogens (tertiary/aromatic N) is 2. The number of methoxy groups -OCH3 is 1. The number of aromatic nitrogens is 2. The molecule has 2 aromatic rings. The Balaban J connectivity index is 1.44. The fraction of sp³-hybridized carbons (Fsp3) is 0.412. The lowest BCUT2D eigenvalue weighted by molar-refractivity contribution is -0.178. The summed E-state index contributed by atoms with van der Waals surface area (Å²) >= 11 is 0. The first-order chi connectivity index (χ1) is 11.4. The molecule has 5 nitrogen and oxygen atoms in total. The van der Waals surface area contributed by atoms with Gasteiger partial charge in [-0.2, -0.15) is 5.10 Å². The molecule has 1 amide bonds. The van der Waals surface area contributed by atoms with Crippen molar-refractivity contribution in [3.05, 3.63) is 47.8 Å². The highest BCUT2D eigenvalue weighted by Gasteiger charge is 2.68. The van der Waals surface area contributed by atoms with Gasteiger partial charge in [0.15, 0.2) is 17.3 Å². The van der Waals surface area contributed by atoms with E-state index in [1.54, 1.807) is 19.4 Å². The van der Waals surface area contributed by atoms with Gasteiger partial charge in [0.05, 0.1) is 12.3 Å². The maximum absolute atomic E-state index is 13.3. The number of carbonyl (C=O) groups excluding carboxylic acids is 1. The van der Waals surface area contributed by atoms with Crippen LogP contribution in [-0.4, -0.2) is 34.9 Å². The predicted molar refractivity (Wildman–Crippen MR) is 81.8 cm³/mol. The van der Waals surface area contributed by atoms with Crippen LogP contribution >= 0.6 is 0 Å². The van der Waals surface area contributed by atoms with Crippen molar-refractivity contribution in [3.63, 3.8) is 0 Å². The summed E-state index contributed by atoms with van der Waals surface area (Å²) < 4.78 is 32.9. The molecule has 126 valence electrons. The fourth-order valence-electron chi connectivity index (χ4n) is 4.11. The number of carbonyl (C=O) groups is 1. The van der Waals surface area contributed by atoms with Crippen molar-refractivity contribution in [2.45, 2.75) is 24.8 Å². The van der Waals surface area contributed by atoms with Crippen LogP contribution in [0.4, 0.5) is 8.78 Å². The minimum Gasteiger partial charge on any atom is -0.384 e. The molecule has 3 fully saturated rings. The van der Waals surface area contributed by atoms with Crippen LogP contribution in [0, 0.1) is 17.0 Å². The number of nitrogens with one attached hydrogen (secondary N) is 1. The van der Waals surface area contributed by atoms with Gasteiger partial charge >= 0.3 is 0 Å². The van der Waals surface area contributed by atoms with Gasteiger partial charge in [0.25, 0.3) is 5.91 Å². The van der Waals surface area contributed by atoms with Crippen LogP contribution in [0.5, 0.6) is 0 Å². The lowest BCUT2D eigenvalue weighted by Crippen LogP contribution is -2.75. The summed E-state index contributed by atoms with van der Waals surface area (Å²) in [6.07, 6.45) is 4.35. The molecular formula is C17H17F2N3O2. The normalized spacial score (nSPS) is 27.3. The van der Waals surface area contributed by atoms with Crippen molar-refractivity contribution in [2.75, 3.05) is 13.7 Å². The molecule has 24 heavy (non-hydrogen) atoms. The number of ether oxygens (including phenoxy) is 1. The van der Waals surface area contributed by atoms with Gasteiger partial charge in [-0.3, -0.25) is 4.79 Å². The van der Waals surface area contributed by atoms with Gasteiger partial charge in [-0.05, 0) is 37.5 Å². The Morgan fingerprint density at radius 2 is 2.04 bits per heavy atom. The number of amides is 1. The first-order valence-corrected chi connectivity index (χ1v) is 7.77. The van der Waals surface area contributed by atoms with Crippen LogP contribution in [0.3, 0.4) is 0 Å². The van der Waals surface area contributed by atoms with Gasteiger partial charge in [-0.25, -0.2) is 13.5 Å². The monoisotopic (exact) mass is 333 g/mol. The number of benzene rings is 1. The van der Waals surface area contributed by atoms with Crippen LogP contribution in [0.1, 0.15) is 29.8 Å².